The quantitative estimate of drug-likeness (QED) is 0.0449. The van der Waals surface area contributed by atoms with Crippen molar-refractivity contribution in [3.63, 3.8) is 0 Å². The molecule has 0 unspecified atom stereocenters. The highest BCUT2D eigenvalue weighted by molar-refractivity contribution is 4.50. The molecule has 0 aliphatic heterocycles. The monoisotopic (exact) mass is 723 g/mol. The van der Waals surface area contributed by atoms with E-state index in [9.17, 15) is 0 Å². The lowest BCUT2D eigenvalue weighted by atomic mass is 10.1. The van der Waals surface area contributed by atoms with Crippen LogP contribution in [0.5, 0.6) is 0 Å². The van der Waals surface area contributed by atoms with Crippen molar-refractivity contribution in [3.05, 3.63) is 0 Å². The molecular weight excluding hydrogens is 627 g/mol. The zero-order valence-corrected chi connectivity index (χ0v) is 36.6. The van der Waals surface area contributed by atoms with Gasteiger partial charge in [0.25, 0.3) is 0 Å². The minimum Gasteiger partial charge on any atom is -1.00 e. The molecule has 0 spiro atoms. The molecule has 0 aromatic heterocycles. The van der Waals surface area contributed by atoms with Gasteiger partial charge in [-0.3, -0.25) is 0 Å². The average molecular weight is 724 g/mol. The molecule has 4 heteroatoms. The van der Waals surface area contributed by atoms with E-state index in [-0.39, 0.29) is 24.8 Å². The highest BCUT2D eigenvalue weighted by Gasteiger charge is 2.14. The van der Waals surface area contributed by atoms with Gasteiger partial charge in [0.05, 0.1) is 54.4 Å². The number of unbranched alkanes of at least 4 members (excludes halogenated alkanes) is 28. The van der Waals surface area contributed by atoms with Crippen molar-refractivity contribution in [2.45, 2.75) is 233 Å². The lowest BCUT2D eigenvalue weighted by Gasteiger charge is -2.30. The fourth-order valence-electron chi connectivity index (χ4n) is 6.92. The maximum atomic E-state index is 2.43. The molecule has 0 aliphatic rings. The van der Waals surface area contributed by atoms with Gasteiger partial charge in [-0.2, -0.15) is 0 Å². The average Bonchev–Trinajstić information content (AvgIpc) is 3.02. The Kier molecular flexibility index (Phi) is 50.3. The molecule has 0 fully saturated rings. The molecule has 0 saturated carbocycles. The van der Waals surface area contributed by atoms with E-state index < -0.39 is 0 Å². The van der Waals surface area contributed by atoms with Gasteiger partial charge in [-0.05, 0) is 51.4 Å². The van der Waals surface area contributed by atoms with E-state index in [1.165, 1.54) is 241 Å². The predicted octanol–water partition coefficient (Wildman–Crippen LogP) is 8.70. The summed E-state index contributed by atoms with van der Waals surface area (Å²) in [5.41, 5.74) is 0. The van der Waals surface area contributed by atoms with Crippen LogP contribution in [0.25, 0.3) is 0 Å². The maximum absolute atomic E-state index is 2.43. The van der Waals surface area contributed by atoms with Gasteiger partial charge < -0.3 is 33.8 Å². The highest BCUT2D eigenvalue weighted by atomic mass is 35.5. The van der Waals surface area contributed by atoms with Crippen LogP contribution in [0.3, 0.4) is 0 Å². The molecule has 0 radical (unpaired) electrons. The van der Waals surface area contributed by atoms with Crippen LogP contribution in [-0.2, 0) is 0 Å². The lowest BCUT2D eigenvalue weighted by Crippen LogP contribution is -3.00. The van der Waals surface area contributed by atoms with Crippen LogP contribution >= 0.6 is 0 Å². The van der Waals surface area contributed by atoms with E-state index >= 15 is 0 Å². The Morgan fingerprint density at radius 1 is 0.208 bits per heavy atom. The first kappa shape index (κ1) is 55.3. The first-order valence-electron chi connectivity index (χ1n) is 21.9. The standard InChI is InChI=1S/2C22H48N.2ClH/c2*1-5-7-9-11-13-15-17-19-21-23(3,4)22-20-18-16-14-12-10-8-6-2;;/h2*5-22H2,1-4H3;2*1H/q2*+1;;/p-2. The summed E-state index contributed by atoms with van der Waals surface area (Å²) in [6.07, 6.45) is 46.1. The Hall–Kier alpha value is 0.500. The SMILES string of the molecule is CCCCCCCCCC[N+](C)(C)CCCCCCCCCC.CCCCCCCCCC[N+](C)(C)CCCCCCCCCC.[Cl-].[Cl-]. The van der Waals surface area contributed by atoms with E-state index in [0.29, 0.717) is 0 Å². The van der Waals surface area contributed by atoms with Gasteiger partial charge in [0, 0.05) is 0 Å². The second-order valence-electron chi connectivity index (χ2n) is 16.7. The first-order valence-corrected chi connectivity index (χ1v) is 21.9. The lowest BCUT2D eigenvalue weighted by molar-refractivity contribution is -0.890. The summed E-state index contributed by atoms with van der Waals surface area (Å²) < 4.78 is 2.48. The molecule has 0 rings (SSSR count). The van der Waals surface area contributed by atoms with Crippen LogP contribution in [0.1, 0.15) is 233 Å². The predicted molar refractivity (Wildman–Crippen MR) is 214 cm³/mol. The molecule has 0 aromatic rings. The Labute approximate surface area is 320 Å². The summed E-state index contributed by atoms with van der Waals surface area (Å²) >= 11 is 0. The molecule has 0 aliphatic carbocycles. The zero-order chi connectivity index (χ0) is 34.5. The molecule has 2 nitrogen and oxygen atoms in total. The molecule has 0 bridgehead atoms. The minimum atomic E-state index is 0. The van der Waals surface area contributed by atoms with Crippen LogP contribution in [-0.4, -0.2) is 63.3 Å². The normalized spacial score (nSPS) is 11.5. The van der Waals surface area contributed by atoms with Crippen LogP contribution < -0.4 is 24.8 Å². The van der Waals surface area contributed by atoms with Crippen LogP contribution in [0.4, 0.5) is 0 Å². The summed E-state index contributed by atoms with van der Waals surface area (Å²) in [4.78, 5) is 0. The first-order chi connectivity index (χ1) is 22.2. The van der Waals surface area contributed by atoms with Gasteiger partial charge in [-0.15, -0.1) is 0 Å². The molecule has 0 atom stereocenters. The number of hydrogen-bond acceptors (Lipinski definition) is 0. The number of nitrogens with zero attached hydrogens (tertiary/aromatic N) is 2. The fourth-order valence-corrected chi connectivity index (χ4v) is 6.92. The van der Waals surface area contributed by atoms with Crippen LogP contribution in [0.15, 0.2) is 0 Å². The third-order valence-corrected chi connectivity index (χ3v) is 10.5. The van der Waals surface area contributed by atoms with Crippen molar-refractivity contribution in [2.24, 2.45) is 0 Å². The number of hydrogen-bond donors (Lipinski definition) is 0. The summed E-state index contributed by atoms with van der Waals surface area (Å²) in [6.45, 7) is 14.7. The Bertz CT molecular complexity index is 460. The van der Waals surface area contributed by atoms with Crippen molar-refractivity contribution >= 4 is 0 Å². The van der Waals surface area contributed by atoms with Gasteiger partial charge in [-0.25, -0.2) is 0 Å². The van der Waals surface area contributed by atoms with Gasteiger partial charge in [0.1, 0.15) is 0 Å². The van der Waals surface area contributed by atoms with Crippen molar-refractivity contribution in [1.29, 1.82) is 0 Å². The van der Waals surface area contributed by atoms with E-state index in [2.05, 4.69) is 55.9 Å². The van der Waals surface area contributed by atoms with E-state index in [4.69, 9.17) is 0 Å². The topological polar surface area (TPSA) is 0 Å². The highest BCUT2D eigenvalue weighted by Crippen LogP contribution is 2.15. The Morgan fingerprint density at radius 3 is 0.479 bits per heavy atom. The number of rotatable bonds is 36. The van der Waals surface area contributed by atoms with Gasteiger partial charge in [0.15, 0.2) is 0 Å². The third-order valence-electron chi connectivity index (χ3n) is 10.5. The number of quaternary nitrogens is 2. The molecule has 0 heterocycles. The van der Waals surface area contributed by atoms with Crippen LogP contribution in [0, 0.1) is 0 Å². The van der Waals surface area contributed by atoms with Gasteiger partial charge in [-0.1, -0.05) is 182 Å². The van der Waals surface area contributed by atoms with Crippen molar-refractivity contribution in [3.8, 4) is 0 Å². The van der Waals surface area contributed by atoms with Crippen LogP contribution in [0.2, 0.25) is 0 Å². The molecule has 0 amide bonds. The smallest absolute Gasteiger partial charge is 0.0782 e. The molecular formula is C44H96Cl2N2. The zero-order valence-electron chi connectivity index (χ0n) is 35.1. The second-order valence-corrected chi connectivity index (χ2v) is 16.7. The summed E-state index contributed by atoms with van der Waals surface area (Å²) in [5, 5.41) is 0. The van der Waals surface area contributed by atoms with E-state index in [0.717, 1.165) is 0 Å². The second kappa shape index (κ2) is 43.7. The van der Waals surface area contributed by atoms with E-state index in [1.807, 2.05) is 0 Å². The molecule has 0 N–H and O–H groups in total. The summed E-state index contributed by atoms with van der Waals surface area (Å²) in [5.74, 6) is 0. The largest absolute Gasteiger partial charge is 1.00 e. The van der Waals surface area contributed by atoms with Gasteiger partial charge >= 0.3 is 0 Å². The van der Waals surface area contributed by atoms with Crippen molar-refractivity contribution < 1.29 is 33.8 Å². The fraction of sp³-hybridized carbons (Fsp3) is 1.00. The Morgan fingerprint density at radius 2 is 0.333 bits per heavy atom. The number of halogens is 2. The summed E-state index contributed by atoms with van der Waals surface area (Å²) in [7, 11) is 9.73. The molecule has 296 valence electrons. The van der Waals surface area contributed by atoms with E-state index in [1.54, 1.807) is 0 Å². The van der Waals surface area contributed by atoms with Crippen molar-refractivity contribution in [2.75, 3.05) is 54.4 Å². The summed E-state index contributed by atoms with van der Waals surface area (Å²) in [6, 6.07) is 0. The maximum Gasteiger partial charge on any atom is 0.0782 e. The molecule has 0 aromatic carbocycles. The third kappa shape index (κ3) is 48.6. The van der Waals surface area contributed by atoms with Crippen molar-refractivity contribution in [1.82, 2.24) is 0 Å². The van der Waals surface area contributed by atoms with Gasteiger partial charge in [0.2, 0.25) is 0 Å². The molecule has 48 heavy (non-hydrogen) atoms. The Balaban J connectivity index is -0.000000387. The minimum absolute atomic E-state index is 0. The molecule has 0 saturated heterocycles.